The van der Waals surface area contributed by atoms with Crippen molar-refractivity contribution in [1.82, 2.24) is 10.3 Å². The van der Waals surface area contributed by atoms with Gasteiger partial charge in [-0.25, -0.2) is 4.98 Å². The second-order valence-electron chi connectivity index (χ2n) is 6.45. The summed E-state index contributed by atoms with van der Waals surface area (Å²) < 4.78 is 5.21. The zero-order chi connectivity index (χ0) is 17.2. The van der Waals surface area contributed by atoms with Gasteiger partial charge in [0.05, 0.1) is 23.9 Å². The molecule has 1 aromatic heterocycles. The molecule has 0 spiro atoms. The number of carbonyl (C=O) groups excluding carboxylic acids is 1. The van der Waals surface area contributed by atoms with Crippen LogP contribution in [0.2, 0.25) is 0 Å². The zero-order valence-electron chi connectivity index (χ0n) is 14.2. The number of pyridine rings is 1. The maximum absolute atomic E-state index is 12.7. The molecule has 0 unspecified atom stereocenters. The van der Waals surface area contributed by atoms with Crippen LogP contribution in [0.4, 0.5) is 0 Å². The SMILES string of the molecule is COc1ccc(-c2cc(C(=O)NCC3CC3)c3ccccc3n2)cc1. The highest BCUT2D eigenvalue weighted by atomic mass is 16.5. The van der Waals surface area contributed by atoms with Crippen LogP contribution in [0.15, 0.2) is 54.6 Å². The summed E-state index contributed by atoms with van der Waals surface area (Å²) in [6.45, 7) is 0.757. The van der Waals surface area contributed by atoms with Crippen LogP contribution in [0, 0.1) is 5.92 Å². The zero-order valence-corrected chi connectivity index (χ0v) is 14.2. The highest BCUT2D eigenvalue weighted by Crippen LogP contribution is 2.29. The average Bonchev–Trinajstić information content (AvgIpc) is 3.50. The number of hydrogen-bond donors (Lipinski definition) is 1. The number of benzene rings is 2. The Morgan fingerprint density at radius 2 is 1.92 bits per heavy atom. The Bertz CT molecular complexity index is 915. The minimum atomic E-state index is -0.0275. The molecule has 1 aliphatic rings. The van der Waals surface area contributed by atoms with Gasteiger partial charge in [0.2, 0.25) is 0 Å². The normalized spacial score (nSPS) is 13.6. The van der Waals surface area contributed by atoms with Crippen LogP contribution >= 0.6 is 0 Å². The van der Waals surface area contributed by atoms with Crippen molar-refractivity contribution in [1.29, 1.82) is 0 Å². The Balaban J connectivity index is 1.75. The molecule has 1 N–H and O–H groups in total. The van der Waals surface area contributed by atoms with Gasteiger partial charge in [-0.2, -0.15) is 0 Å². The fourth-order valence-electron chi connectivity index (χ4n) is 2.93. The highest BCUT2D eigenvalue weighted by molar-refractivity contribution is 6.07. The summed E-state index contributed by atoms with van der Waals surface area (Å²) in [6.07, 6.45) is 2.43. The summed E-state index contributed by atoms with van der Waals surface area (Å²) in [7, 11) is 1.64. The Kier molecular flexibility index (Phi) is 4.10. The molecule has 0 radical (unpaired) electrons. The summed E-state index contributed by atoms with van der Waals surface area (Å²) >= 11 is 0. The first-order valence-electron chi connectivity index (χ1n) is 8.57. The topological polar surface area (TPSA) is 51.2 Å². The van der Waals surface area contributed by atoms with Crippen LogP contribution in [-0.4, -0.2) is 24.5 Å². The van der Waals surface area contributed by atoms with Gasteiger partial charge in [-0.15, -0.1) is 0 Å². The van der Waals surface area contributed by atoms with Gasteiger partial charge < -0.3 is 10.1 Å². The van der Waals surface area contributed by atoms with Gasteiger partial charge in [0, 0.05) is 17.5 Å². The molecule has 2 aromatic carbocycles. The molecule has 1 aliphatic carbocycles. The fourth-order valence-corrected chi connectivity index (χ4v) is 2.93. The van der Waals surface area contributed by atoms with E-state index in [0.29, 0.717) is 11.5 Å². The van der Waals surface area contributed by atoms with Crippen LogP contribution in [0.3, 0.4) is 0 Å². The lowest BCUT2D eigenvalue weighted by Crippen LogP contribution is -2.25. The fraction of sp³-hybridized carbons (Fsp3) is 0.238. The Labute approximate surface area is 146 Å². The molecular weight excluding hydrogens is 312 g/mol. The quantitative estimate of drug-likeness (QED) is 0.767. The van der Waals surface area contributed by atoms with E-state index in [-0.39, 0.29) is 5.91 Å². The molecule has 3 aromatic rings. The van der Waals surface area contributed by atoms with Gasteiger partial charge in [0.25, 0.3) is 5.91 Å². The minimum Gasteiger partial charge on any atom is -0.497 e. The first-order valence-corrected chi connectivity index (χ1v) is 8.57. The van der Waals surface area contributed by atoms with Crippen LogP contribution in [-0.2, 0) is 0 Å². The molecule has 4 rings (SSSR count). The molecule has 1 amide bonds. The third kappa shape index (κ3) is 3.33. The van der Waals surface area contributed by atoms with E-state index in [1.54, 1.807) is 7.11 Å². The van der Waals surface area contributed by atoms with Crippen molar-refractivity contribution in [3.63, 3.8) is 0 Å². The maximum Gasteiger partial charge on any atom is 0.252 e. The number of carbonyl (C=O) groups is 1. The highest BCUT2D eigenvalue weighted by Gasteiger charge is 2.22. The lowest BCUT2D eigenvalue weighted by atomic mass is 10.0. The van der Waals surface area contributed by atoms with Gasteiger partial charge in [-0.1, -0.05) is 18.2 Å². The third-order valence-corrected chi connectivity index (χ3v) is 4.59. The molecule has 126 valence electrons. The average molecular weight is 332 g/mol. The molecule has 1 fully saturated rings. The smallest absolute Gasteiger partial charge is 0.252 e. The van der Waals surface area contributed by atoms with Crippen molar-refractivity contribution in [3.8, 4) is 17.0 Å². The van der Waals surface area contributed by atoms with E-state index >= 15 is 0 Å². The van der Waals surface area contributed by atoms with E-state index in [4.69, 9.17) is 9.72 Å². The number of ether oxygens (including phenoxy) is 1. The number of nitrogens with zero attached hydrogens (tertiary/aromatic N) is 1. The van der Waals surface area contributed by atoms with Crippen molar-refractivity contribution in [2.75, 3.05) is 13.7 Å². The van der Waals surface area contributed by atoms with E-state index in [1.165, 1.54) is 12.8 Å². The second-order valence-corrected chi connectivity index (χ2v) is 6.45. The Morgan fingerprint density at radius 3 is 2.64 bits per heavy atom. The molecule has 0 aliphatic heterocycles. The largest absolute Gasteiger partial charge is 0.497 e. The number of rotatable bonds is 5. The number of hydrogen-bond acceptors (Lipinski definition) is 3. The van der Waals surface area contributed by atoms with Gasteiger partial charge in [0.15, 0.2) is 0 Å². The summed E-state index contributed by atoms with van der Waals surface area (Å²) in [6, 6.07) is 17.4. The lowest BCUT2D eigenvalue weighted by Gasteiger charge is -2.11. The Hall–Kier alpha value is -2.88. The second kappa shape index (κ2) is 6.55. The predicted octanol–water partition coefficient (Wildman–Crippen LogP) is 4.05. The number of amides is 1. The molecule has 0 atom stereocenters. The summed E-state index contributed by atoms with van der Waals surface area (Å²) in [5.41, 5.74) is 3.25. The maximum atomic E-state index is 12.7. The summed E-state index contributed by atoms with van der Waals surface area (Å²) in [5.74, 6) is 1.42. The molecule has 4 heteroatoms. The van der Waals surface area contributed by atoms with Gasteiger partial charge in [-0.05, 0) is 55.2 Å². The molecule has 4 nitrogen and oxygen atoms in total. The van der Waals surface area contributed by atoms with E-state index in [1.807, 2.05) is 54.6 Å². The predicted molar refractivity (Wildman–Crippen MR) is 98.8 cm³/mol. The van der Waals surface area contributed by atoms with Crippen molar-refractivity contribution in [3.05, 3.63) is 60.2 Å². The van der Waals surface area contributed by atoms with E-state index in [0.717, 1.165) is 34.5 Å². The van der Waals surface area contributed by atoms with Gasteiger partial charge >= 0.3 is 0 Å². The van der Waals surface area contributed by atoms with Crippen LogP contribution in [0.5, 0.6) is 5.75 Å². The van der Waals surface area contributed by atoms with Crippen molar-refractivity contribution >= 4 is 16.8 Å². The standard InChI is InChI=1S/C21H20N2O2/c1-25-16-10-8-15(9-11-16)20-12-18(21(24)22-13-14-6-7-14)17-4-2-3-5-19(17)23-20/h2-5,8-12,14H,6-7,13H2,1H3,(H,22,24). The van der Waals surface area contributed by atoms with Crippen molar-refractivity contribution in [2.45, 2.75) is 12.8 Å². The minimum absolute atomic E-state index is 0.0275. The van der Waals surface area contributed by atoms with E-state index < -0.39 is 0 Å². The number of methoxy groups -OCH3 is 1. The van der Waals surface area contributed by atoms with Crippen LogP contribution in [0.25, 0.3) is 22.2 Å². The summed E-state index contributed by atoms with van der Waals surface area (Å²) in [4.78, 5) is 17.4. The first kappa shape index (κ1) is 15.6. The van der Waals surface area contributed by atoms with Crippen molar-refractivity contribution in [2.24, 2.45) is 5.92 Å². The number of aromatic nitrogens is 1. The van der Waals surface area contributed by atoms with Gasteiger partial charge in [0.1, 0.15) is 5.75 Å². The lowest BCUT2D eigenvalue weighted by molar-refractivity contribution is 0.0953. The molecular formula is C21H20N2O2. The first-order chi connectivity index (χ1) is 12.2. The van der Waals surface area contributed by atoms with Crippen LogP contribution in [0.1, 0.15) is 23.2 Å². The Morgan fingerprint density at radius 1 is 1.16 bits per heavy atom. The molecule has 0 bridgehead atoms. The molecule has 1 heterocycles. The monoisotopic (exact) mass is 332 g/mol. The molecule has 0 saturated heterocycles. The van der Waals surface area contributed by atoms with E-state index in [9.17, 15) is 4.79 Å². The number of nitrogens with one attached hydrogen (secondary N) is 1. The van der Waals surface area contributed by atoms with Crippen LogP contribution < -0.4 is 10.1 Å². The van der Waals surface area contributed by atoms with E-state index in [2.05, 4.69) is 5.32 Å². The van der Waals surface area contributed by atoms with Crippen molar-refractivity contribution < 1.29 is 9.53 Å². The third-order valence-electron chi connectivity index (χ3n) is 4.59. The van der Waals surface area contributed by atoms with Gasteiger partial charge in [-0.3, -0.25) is 4.79 Å². The number of fused-ring (bicyclic) bond motifs is 1. The number of para-hydroxylation sites is 1. The molecule has 25 heavy (non-hydrogen) atoms. The molecule has 1 saturated carbocycles. The summed E-state index contributed by atoms with van der Waals surface area (Å²) in [5, 5.41) is 3.95.